The van der Waals surface area contributed by atoms with Crippen molar-refractivity contribution in [3.63, 3.8) is 0 Å². The smallest absolute Gasteiger partial charge is 0.250 e. The van der Waals surface area contributed by atoms with Gasteiger partial charge in [0.15, 0.2) is 0 Å². The fourth-order valence-corrected chi connectivity index (χ4v) is 4.06. The maximum Gasteiger partial charge on any atom is 0.250 e. The van der Waals surface area contributed by atoms with Crippen molar-refractivity contribution >= 4 is 41.6 Å². The second-order valence-corrected chi connectivity index (χ2v) is 9.03. The lowest BCUT2D eigenvalue weighted by molar-refractivity contribution is 0.340. The van der Waals surface area contributed by atoms with Crippen molar-refractivity contribution in [2.75, 3.05) is 29.0 Å². The van der Waals surface area contributed by atoms with Gasteiger partial charge in [0.05, 0.1) is 25.6 Å². The Morgan fingerprint density at radius 1 is 0.581 bits per heavy atom. The number of benzene rings is 4. The van der Waals surface area contributed by atoms with Crippen LogP contribution in [-0.4, -0.2) is 40.6 Å². The van der Waals surface area contributed by atoms with Crippen molar-refractivity contribution in [2.24, 2.45) is 10.2 Å². The van der Waals surface area contributed by atoms with Crippen LogP contribution in [-0.2, 0) is 0 Å². The molecule has 0 amide bonds. The van der Waals surface area contributed by atoms with Gasteiger partial charge in [-0.1, -0.05) is 36.4 Å². The minimum absolute atomic E-state index is 0.239. The van der Waals surface area contributed by atoms with Crippen LogP contribution in [0.1, 0.15) is 25.0 Å². The van der Waals surface area contributed by atoms with E-state index in [9.17, 15) is 0 Å². The van der Waals surface area contributed by atoms with Crippen molar-refractivity contribution in [2.45, 2.75) is 13.8 Å². The molecule has 10 nitrogen and oxygen atoms in total. The Kier molecular flexibility index (Phi) is 9.86. The van der Waals surface area contributed by atoms with Crippen LogP contribution < -0.4 is 25.2 Å². The van der Waals surface area contributed by atoms with Crippen molar-refractivity contribution in [1.82, 2.24) is 15.0 Å². The number of hydrogen-bond donors (Lipinski definition) is 2. The van der Waals surface area contributed by atoms with E-state index in [1.165, 1.54) is 0 Å². The summed E-state index contributed by atoms with van der Waals surface area (Å²) in [5.74, 6) is 2.46. The predicted octanol–water partition coefficient (Wildman–Crippen LogP) is 7.03. The summed E-state index contributed by atoms with van der Waals surface area (Å²) in [5.41, 5.74) is 9.42. The van der Waals surface area contributed by atoms with Crippen molar-refractivity contribution in [3.05, 3.63) is 120 Å². The van der Waals surface area contributed by atoms with E-state index >= 15 is 0 Å². The molecule has 0 radical (unpaired) electrons. The largest absolute Gasteiger partial charge is 0.494 e. The molecule has 0 atom stereocenters. The molecule has 5 aromatic rings. The Hall–Kier alpha value is -5.77. The maximum absolute atomic E-state index is 5.52. The molecule has 0 spiro atoms. The van der Waals surface area contributed by atoms with E-state index in [-0.39, 0.29) is 11.9 Å². The van der Waals surface area contributed by atoms with Gasteiger partial charge in [0, 0.05) is 11.4 Å². The molecule has 1 aromatic heterocycles. The van der Waals surface area contributed by atoms with Crippen molar-refractivity contribution < 1.29 is 9.47 Å². The van der Waals surface area contributed by atoms with Gasteiger partial charge in [0.25, 0.3) is 0 Å². The third-order valence-electron chi connectivity index (χ3n) is 5.99. The lowest BCUT2D eigenvalue weighted by Crippen LogP contribution is -2.16. The highest BCUT2D eigenvalue weighted by atomic mass is 16.5. The summed E-state index contributed by atoms with van der Waals surface area (Å²) in [6, 6.07) is 35.0. The van der Waals surface area contributed by atoms with E-state index in [1.807, 2.05) is 128 Å². The Balaban J connectivity index is 1.44. The van der Waals surface area contributed by atoms with Gasteiger partial charge in [-0.15, -0.1) is 0 Å². The molecular formula is C33H32N8O2. The van der Waals surface area contributed by atoms with E-state index in [0.29, 0.717) is 19.2 Å². The van der Waals surface area contributed by atoms with E-state index in [1.54, 1.807) is 12.4 Å². The lowest BCUT2D eigenvalue weighted by Gasteiger charge is -2.23. The first-order chi connectivity index (χ1) is 21.2. The highest BCUT2D eigenvalue weighted by Gasteiger charge is 2.17. The quantitative estimate of drug-likeness (QED) is 0.114. The third kappa shape index (κ3) is 8.14. The van der Waals surface area contributed by atoms with Crippen LogP contribution in [0.2, 0.25) is 0 Å². The second kappa shape index (κ2) is 14.7. The number of aromatic nitrogens is 3. The normalized spacial score (nSPS) is 11.0. The van der Waals surface area contributed by atoms with Gasteiger partial charge < -0.3 is 9.47 Å². The first kappa shape index (κ1) is 28.7. The molecule has 2 N–H and O–H groups in total. The maximum atomic E-state index is 5.52. The molecular weight excluding hydrogens is 540 g/mol. The standard InChI is InChI=1S/C33H32N8O2/c1-3-42-29-19-15-25(16-20-29)23-34-39-31-36-32(40-35-24-26-17-21-30(22-18-26)43-4-2)38-33(37-31)41(27-11-7-5-8-12-27)28-13-9-6-10-14-28/h5-24H,3-4H2,1-2H3,(H2,36,37,38,39,40)/b34-23-,35-24-. The zero-order chi connectivity index (χ0) is 29.7. The van der Waals surface area contributed by atoms with Crippen LogP contribution in [0.3, 0.4) is 0 Å². The molecule has 1 heterocycles. The highest BCUT2D eigenvalue weighted by molar-refractivity contribution is 5.81. The summed E-state index contributed by atoms with van der Waals surface area (Å²) in [6.45, 7) is 5.13. The molecule has 216 valence electrons. The number of ether oxygens (including phenoxy) is 2. The fraction of sp³-hybridized carbons (Fsp3) is 0.121. The van der Waals surface area contributed by atoms with Gasteiger partial charge in [-0.05, 0) is 97.8 Å². The Morgan fingerprint density at radius 3 is 1.40 bits per heavy atom. The number of anilines is 5. The summed E-state index contributed by atoms with van der Waals surface area (Å²) in [4.78, 5) is 15.8. The molecule has 43 heavy (non-hydrogen) atoms. The SMILES string of the molecule is CCOc1ccc(/C=N\Nc2nc(N/N=C\c3ccc(OCC)cc3)nc(N(c3ccccc3)c3ccccc3)n2)cc1. The summed E-state index contributed by atoms with van der Waals surface area (Å²) in [7, 11) is 0. The molecule has 0 bridgehead atoms. The molecule has 10 heteroatoms. The topological polar surface area (TPSA) is 109 Å². The Labute approximate surface area is 250 Å². The molecule has 0 saturated carbocycles. The molecule has 0 aliphatic carbocycles. The van der Waals surface area contributed by atoms with E-state index in [4.69, 9.17) is 19.4 Å². The zero-order valence-corrected chi connectivity index (χ0v) is 24.0. The zero-order valence-electron chi connectivity index (χ0n) is 24.0. The van der Waals surface area contributed by atoms with E-state index in [0.717, 1.165) is 34.0 Å². The number of hydrogen-bond acceptors (Lipinski definition) is 10. The van der Waals surface area contributed by atoms with Gasteiger partial charge in [-0.3, -0.25) is 4.90 Å². The number of nitrogens with zero attached hydrogens (tertiary/aromatic N) is 6. The number of rotatable bonds is 13. The van der Waals surface area contributed by atoms with Crippen LogP contribution in [0.5, 0.6) is 11.5 Å². The summed E-state index contributed by atoms with van der Waals surface area (Å²) < 4.78 is 11.0. The lowest BCUT2D eigenvalue weighted by atomic mass is 10.2. The van der Waals surface area contributed by atoms with Crippen LogP contribution >= 0.6 is 0 Å². The number of hydrazone groups is 2. The van der Waals surface area contributed by atoms with E-state index in [2.05, 4.69) is 26.0 Å². The number of para-hydroxylation sites is 2. The highest BCUT2D eigenvalue weighted by Crippen LogP contribution is 2.32. The fourth-order valence-electron chi connectivity index (χ4n) is 4.06. The molecule has 0 aliphatic rings. The molecule has 0 unspecified atom stereocenters. The minimum atomic E-state index is 0.239. The summed E-state index contributed by atoms with van der Waals surface area (Å²) in [6.07, 6.45) is 3.37. The predicted molar refractivity (Wildman–Crippen MR) is 172 cm³/mol. The van der Waals surface area contributed by atoms with Crippen molar-refractivity contribution in [1.29, 1.82) is 0 Å². The van der Waals surface area contributed by atoms with Gasteiger partial charge in [0.1, 0.15) is 11.5 Å². The average molecular weight is 573 g/mol. The van der Waals surface area contributed by atoms with Gasteiger partial charge in [0.2, 0.25) is 17.8 Å². The van der Waals surface area contributed by atoms with Gasteiger partial charge >= 0.3 is 0 Å². The first-order valence-electron chi connectivity index (χ1n) is 13.9. The van der Waals surface area contributed by atoms with Crippen molar-refractivity contribution in [3.8, 4) is 11.5 Å². The molecule has 0 fully saturated rings. The van der Waals surface area contributed by atoms with Crippen LogP contribution in [0.4, 0.5) is 29.2 Å². The number of nitrogens with one attached hydrogen (secondary N) is 2. The second-order valence-electron chi connectivity index (χ2n) is 9.03. The Bertz CT molecular complexity index is 1510. The van der Waals surface area contributed by atoms with Crippen LogP contribution in [0.15, 0.2) is 119 Å². The first-order valence-corrected chi connectivity index (χ1v) is 13.9. The minimum Gasteiger partial charge on any atom is -0.494 e. The summed E-state index contributed by atoms with van der Waals surface area (Å²) in [5, 5.41) is 8.72. The molecule has 4 aromatic carbocycles. The van der Waals surface area contributed by atoms with Crippen LogP contribution in [0.25, 0.3) is 0 Å². The van der Waals surface area contributed by atoms with Gasteiger partial charge in [-0.2, -0.15) is 25.2 Å². The monoisotopic (exact) mass is 572 g/mol. The van der Waals surface area contributed by atoms with E-state index < -0.39 is 0 Å². The molecule has 0 aliphatic heterocycles. The van der Waals surface area contributed by atoms with Gasteiger partial charge in [-0.25, -0.2) is 10.9 Å². The average Bonchev–Trinajstić information content (AvgIpc) is 3.04. The summed E-state index contributed by atoms with van der Waals surface area (Å²) >= 11 is 0. The third-order valence-corrected chi connectivity index (χ3v) is 5.99. The van der Waals surface area contributed by atoms with Crippen LogP contribution in [0, 0.1) is 0 Å². The Morgan fingerprint density at radius 2 is 1.00 bits per heavy atom. The molecule has 5 rings (SSSR count). The molecule has 0 saturated heterocycles.